The molecule has 0 unspecified atom stereocenters. The summed E-state index contributed by atoms with van der Waals surface area (Å²) in [4.78, 5) is 42.6. The molecule has 1 aromatic heterocycles. The first-order valence-electron chi connectivity index (χ1n) is 11.2. The largest absolute Gasteiger partial charge is 0.493 e. The number of thiazole rings is 1. The first kappa shape index (κ1) is 26.6. The first-order valence-corrected chi connectivity index (χ1v) is 13.1. The first-order chi connectivity index (χ1) is 17.8. The lowest BCUT2D eigenvalue weighted by Gasteiger charge is -2.25. The number of halogens is 1. The van der Waals surface area contributed by atoms with E-state index in [1.807, 2.05) is 59.8 Å². The van der Waals surface area contributed by atoms with Crippen LogP contribution < -0.4 is 24.4 Å². The van der Waals surface area contributed by atoms with E-state index in [4.69, 9.17) is 19.3 Å². The van der Waals surface area contributed by atoms with Crippen molar-refractivity contribution in [3.05, 3.63) is 88.1 Å². The lowest BCUT2D eigenvalue weighted by atomic mass is 9.95. The van der Waals surface area contributed by atoms with Gasteiger partial charge in [0.05, 0.1) is 39.6 Å². The van der Waals surface area contributed by atoms with Crippen molar-refractivity contribution in [2.24, 2.45) is 4.99 Å². The quantitative estimate of drug-likeness (QED) is 0.299. The summed E-state index contributed by atoms with van der Waals surface area (Å²) in [6, 6.07) is 12.1. The number of carbonyl (C=O) groups is 2. The van der Waals surface area contributed by atoms with Gasteiger partial charge in [-0.2, -0.15) is 0 Å². The number of nitrogens with zero attached hydrogens (tertiary/aromatic N) is 2. The van der Waals surface area contributed by atoms with Gasteiger partial charge >= 0.3 is 11.9 Å². The van der Waals surface area contributed by atoms with E-state index in [0.717, 1.165) is 5.56 Å². The van der Waals surface area contributed by atoms with Crippen molar-refractivity contribution in [1.82, 2.24) is 4.57 Å². The average molecular weight is 634 g/mol. The summed E-state index contributed by atoms with van der Waals surface area (Å²) in [7, 11) is 2.77. The van der Waals surface area contributed by atoms with Crippen LogP contribution in [0.3, 0.4) is 0 Å². The second-order valence-electron chi connectivity index (χ2n) is 7.92. The maximum absolute atomic E-state index is 13.7. The van der Waals surface area contributed by atoms with E-state index in [0.29, 0.717) is 47.7 Å². The minimum atomic E-state index is -1.10. The van der Waals surface area contributed by atoms with Crippen LogP contribution in [0.15, 0.2) is 63.5 Å². The van der Waals surface area contributed by atoms with Gasteiger partial charge in [0.1, 0.15) is 0 Å². The molecule has 0 spiro atoms. The van der Waals surface area contributed by atoms with Gasteiger partial charge in [0, 0.05) is 0 Å². The Bertz CT molecular complexity index is 1570. The zero-order valence-corrected chi connectivity index (χ0v) is 23.2. The number of esters is 1. The molecule has 0 radical (unpaired) electrons. The number of hydrogen-bond acceptors (Lipinski definition) is 8. The predicted molar refractivity (Wildman–Crippen MR) is 146 cm³/mol. The van der Waals surface area contributed by atoms with Gasteiger partial charge in [-0.1, -0.05) is 48.6 Å². The van der Waals surface area contributed by atoms with Gasteiger partial charge in [0.25, 0.3) is 5.56 Å². The number of ether oxygens (including phenoxy) is 3. The fraction of sp³-hybridized carbons (Fsp3) is 0.231. The normalized spacial score (nSPS) is 15.1. The summed E-state index contributed by atoms with van der Waals surface area (Å²) in [6.45, 7) is 1.40. The molecule has 2 heterocycles. The van der Waals surface area contributed by atoms with E-state index >= 15 is 0 Å². The van der Waals surface area contributed by atoms with Crippen LogP contribution in [0.4, 0.5) is 0 Å². The number of allylic oxidation sites excluding steroid dienone is 1. The summed E-state index contributed by atoms with van der Waals surface area (Å²) in [5, 5.41) is 8.95. The second-order valence-corrected chi connectivity index (χ2v) is 10.1. The van der Waals surface area contributed by atoms with Gasteiger partial charge in [0.2, 0.25) is 0 Å². The highest BCUT2D eigenvalue weighted by molar-refractivity contribution is 14.1. The molecule has 1 aliphatic rings. The molecule has 0 saturated carbocycles. The minimum absolute atomic E-state index is 0.297. The molecule has 2 aromatic carbocycles. The molecule has 1 atom stereocenters. The zero-order chi connectivity index (χ0) is 26.7. The second kappa shape index (κ2) is 11.3. The summed E-state index contributed by atoms with van der Waals surface area (Å²) >= 11 is 3.25. The Balaban J connectivity index is 1.90. The zero-order valence-electron chi connectivity index (χ0n) is 20.2. The standard InChI is InChI=1S/C26H23IN2O7S/c1-4-17-21(25(33)35-3)22(15-8-6-5-7-9-15)29-24(32)19(37-26(29)28-17)12-14-10-16(27)23(18(11-14)34-2)36-13-20(30)31/h5-12,22H,4,13H2,1-3H3,(H,30,31)/b19-12-/t22-/m1/s1. The number of carboxylic acids is 1. The van der Waals surface area contributed by atoms with Crippen molar-refractivity contribution in [1.29, 1.82) is 0 Å². The SMILES string of the molecule is CCC1=C(C(=O)OC)[C@@H](c2ccccc2)n2c(s/c(=C\c3cc(I)c(OCC(=O)O)c(OC)c3)c2=O)=N1. The molecule has 0 bridgehead atoms. The highest BCUT2D eigenvalue weighted by Crippen LogP contribution is 2.34. The van der Waals surface area contributed by atoms with Gasteiger partial charge in [-0.05, 0) is 58.3 Å². The number of carboxylic acid groups (broad SMARTS) is 1. The maximum atomic E-state index is 13.7. The molecule has 0 fully saturated rings. The van der Waals surface area contributed by atoms with Crippen LogP contribution in [0.25, 0.3) is 6.08 Å². The van der Waals surface area contributed by atoms with E-state index in [2.05, 4.69) is 4.99 Å². The van der Waals surface area contributed by atoms with Crippen LogP contribution in [0.5, 0.6) is 11.5 Å². The van der Waals surface area contributed by atoms with E-state index in [1.54, 1.807) is 18.2 Å². The third-order valence-corrected chi connectivity index (χ3v) is 7.44. The molecule has 1 aliphatic heterocycles. The summed E-state index contributed by atoms with van der Waals surface area (Å²) in [6.07, 6.45) is 2.21. The Hall–Kier alpha value is -3.45. The molecular weight excluding hydrogens is 611 g/mol. The third-order valence-electron chi connectivity index (χ3n) is 5.66. The van der Waals surface area contributed by atoms with E-state index < -0.39 is 24.6 Å². The molecule has 0 saturated heterocycles. The lowest BCUT2D eigenvalue weighted by Crippen LogP contribution is -2.40. The molecular formula is C26H23IN2O7S. The van der Waals surface area contributed by atoms with Crippen molar-refractivity contribution in [3.63, 3.8) is 0 Å². The number of aliphatic carboxylic acids is 1. The Morgan fingerprint density at radius 2 is 1.95 bits per heavy atom. The molecule has 1 N–H and O–H groups in total. The number of methoxy groups -OCH3 is 2. The molecule has 4 rings (SSSR count). The highest BCUT2D eigenvalue weighted by Gasteiger charge is 2.33. The van der Waals surface area contributed by atoms with Crippen molar-refractivity contribution in [2.45, 2.75) is 19.4 Å². The van der Waals surface area contributed by atoms with Gasteiger partial charge in [0.15, 0.2) is 22.9 Å². The number of rotatable bonds is 8. The molecule has 11 heteroatoms. The van der Waals surface area contributed by atoms with E-state index in [9.17, 15) is 14.4 Å². The molecule has 0 amide bonds. The Kier molecular flexibility index (Phi) is 8.13. The van der Waals surface area contributed by atoms with E-state index in [1.165, 1.54) is 30.1 Å². The number of carbonyl (C=O) groups excluding carboxylic acids is 1. The van der Waals surface area contributed by atoms with Crippen molar-refractivity contribution >= 4 is 51.9 Å². The topological polar surface area (TPSA) is 116 Å². The lowest BCUT2D eigenvalue weighted by molar-refractivity contribution is -0.139. The van der Waals surface area contributed by atoms with Crippen molar-refractivity contribution in [2.75, 3.05) is 20.8 Å². The number of fused-ring (bicyclic) bond motifs is 1. The van der Waals surface area contributed by atoms with Gasteiger partial charge in [-0.25, -0.2) is 14.6 Å². The highest BCUT2D eigenvalue weighted by atomic mass is 127. The fourth-order valence-corrected chi connectivity index (χ4v) is 5.86. The maximum Gasteiger partial charge on any atom is 0.341 e. The average Bonchev–Trinajstić information content (AvgIpc) is 3.20. The van der Waals surface area contributed by atoms with Gasteiger partial charge < -0.3 is 19.3 Å². The van der Waals surface area contributed by atoms with Crippen molar-refractivity contribution in [3.8, 4) is 11.5 Å². The molecule has 3 aromatic rings. The third kappa shape index (κ3) is 5.32. The van der Waals surface area contributed by atoms with Crippen LogP contribution in [-0.2, 0) is 14.3 Å². The summed E-state index contributed by atoms with van der Waals surface area (Å²) in [5.41, 5.74) is 2.05. The van der Waals surface area contributed by atoms with Gasteiger partial charge in [-0.15, -0.1) is 0 Å². The minimum Gasteiger partial charge on any atom is -0.493 e. The van der Waals surface area contributed by atoms with Crippen LogP contribution in [-0.4, -0.2) is 42.4 Å². The summed E-state index contributed by atoms with van der Waals surface area (Å²) < 4.78 is 18.4. The van der Waals surface area contributed by atoms with Crippen LogP contribution >= 0.6 is 33.9 Å². The Morgan fingerprint density at radius 1 is 1.22 bits per heavy atom. The number of hydrogen-bond donors (Lipinski definition) is 1. The number of benzene rings is 2. The van der Waals surface area contributed by atoms with Gasteiger partial charge in [-0.3, -0.25) is 9.36 Å². The van der Waals surface area contributed by atoms with Crippen LogP contribution in [0.1, 0.15) is 30.5 Å². The Labute approximate surface area is 229 Å². The van der Waals surface area contributed by atoms with Crippen LogP contribution in [0, 0.1) is 3.57 Å². The monoisotopic (exact) mass is 634 g/mol. The molecule has 37 heavy (non-hydrogen) atoms. The number of aromatic nitrogens is 1. The smallest absolute Gasteiger partial charge is 0.341 e. The van der Waals surface area contributed by atoms with E-state index in [-0.39, 0.29) is 5.56 Å². The summed E-state index contributed by atoms with van der Waals surface area (Å²) in [5.74, 6) is -0.979. The molecule has 9 nitrogen and oxygen atoms in total. The molecule has 0 aliphatic carbocycles. The Morgan fingerprint density at radius 3 is 2.57 bits per heavy atom. The fourth-order valence-electron chi connectivity index (χ4n) is 4.06. The molecule has 192 valence electrons. The van der Waals surface area contributed by atoms with Crippen LogP contribution in [0.2, 0.25) is 0 Å². The predicted octanol–water partition coefficient (Wildman–Crippen LogP) is 2.87. The van der Waals surface area contributed by atoms with Crippen molar-refractivity contribution < 1.29 is 28.9 Å².